The van der Waals surface area contributed by atoms with Crippen LogP contribution in [-0.4, -0.2) is 19.9 Å². The second-order valence-electron chi connectivity index (χ2n) is 8.69. The molecule has 2 atom stereocenters. The largest absolute Gasteiger partial charge is 0.506 e. The SMILES string of the molecule is C[C@@]12Cc3ccccc3[C@]1(C)N=C(c1[c-]c(Oc3ccc4cccc(O)c4n3)ccc1)S2.[Pt]. The average Bonchev–Trinajstić information content (AvgIpc) is 3.17. The number of benzene rings is 3. The molecule has 0 saturated carbocycles. The summed E-state index contributed by atoms with van der Waals surface area (Å²) in [4.78, 5) is 9.67. The van der Waals surface area contributed by atoms with Crippen LogP contribution in [0.15, 0.2) is 77.8 Å². The maximum atomic E-state index is 10.1. The molecule has 1 N–H and O–H groups in total. The number of fused-ring (bicyclic) bond motifs is 4. The Morgan fingerprint density at radius 1 is 0.970 bits per heavy atom. The third-order valence-electron chi connectivity index (χ3n) is 6.63. The fourth-order valence-electron chi connectivity index (χ4n) is 4.75. The van der Waals surface area contributed by atoms with Crippen LogP contribution in [0, 0.1) is 6.07 Å². The average molecular weight is 633 g/mol. The van der Waals surface area contributed by atoms with Crippen LogP contribution in [0.25, 0.3) is 10.9 Å². The van der Waals surface area contributed by atoms with Gasteiger partial charge in [0.05, 0.1) is 5.54 Å². The van der Waals surface area contributed by atoms with E-state index in [9.17, 15) is 5.11 Å². The molecule has 4 aromatic rings. The van der Waals surface area contributed by atoms with Crippen LogP contribution in [0.1, 0.15) is 30.5 Å². The number of thioether (sulfide) groups is 1. The summed E-state index contributed by atoms with van der Waals surface area (Å²) in [5.74, 6) is 1.12. The molecule has 0 fully saturated rings. The van der Waals surface area contributed by atoms with E-state index in [4.69, 9.17) is 9.73 Å². The molecule has 0 spiro atoms. The zero-order valence-corrected chi connectivity index (χ0v) is 21.2. The topological polar surface area (TPSA) is 54.7 Å². The molecule has 0 amide bonds. The summed E-state index contributed by atoms with van der Waals surface area (Å²) in [5.41, 5.74) is 3.89. The Balaban J connectivity index is 0.00000228. The van der Waals surface area contributed by atoms with Crippen LogP contribution < -0.4 is 4.74 Å². The minimum atomic E-state index is -0.258. The van der Waals surface area contributed by atoms with E-state index in [-0.39, 0.29) is 37.1 Å². The van der Waals surface area contributed by atoms with Crippen molar-refractivity contribution in [2.24, 2.45) is 4.99 Å². The Morgan fingerprint density at radius 3 is 2.67 bits per heavy atom. The summed E-state index contributed by atoms with van der Waals surface area (Å²) in [6.07, 6.45) is 0.998. The van der Waals surface area contributed by atoms with Crippen molar-refractivity contribution >= 4 is 27.7 Å². The molecule has 4 nitrogen and oxygen atoms in total. The predicted molar refractivity (Wildman–Crippen MR) is 129 cm³/mol. The molecule has 0 bridgehead atoms. The Kier molecular flexibility index (Phi) is 5.38. The van der Waals surface area contributed by atoms with Crippen LogP contribution >= 0.6 is 11.8 Å². The monoisotopic (exact) mass is 632 g/mol. The number of aromatic nitrogens is 1. The van der Waals surface area contributed by atoms with Crippen molar-refractivity contribution in [2.75, 3.05) is 0 Å². The molecule has 6 heteroatoms. The number of pyridine rings is 1. The summed E-state index contributed by atoms with van der Waals surface area (Å²) in [7, 11) is 0. The number of phenolic OH excluding ortho intramolecular Hbond substituents is 1. The molecule has 6 rings (SSSR count). The molecule has 168 valence electrons. The van der Waals surface area contributed by atoms with Gasteiger partial charge in [-0.1, -0.05) is 42.5 Å². The van der Waals surface area contributed by atoms with E-state index in [1.807, 2.05) is 42.1 Å². The van der Waals surface area contributed by atoms with E-state index in [1.54, 1.807) is 18.2 Å². The van der Waals surface area contributed by atoms with Crippen LogP contribution in [0.3, 0.4) is 0 Å². The maximum Gasteiger partial charge on any atom is 0.217 e. The van der Waals surface area contributed by atoms with Gasteiger partial charge in [0.1, 0.15) is 11.3 Å². The minimum absolute atomic E-state index is 0. The van der Waals surface area contributed by atoms with Crippen LogP contribution in [-0.2, 0) is 33.0 Å². The number of phenols is 1. The molecular weight excluding hydrogens is 611 g/mol. The number of nitrogens with zero attached hydrogens (tertiary/aromatic N) is 2. The third kappa shape index (κ3) is 3.49. The minimum Gasteiger partial charge on any atom is -0.506 e. The molecule has 1 aromatic heterocycles. The first-order valence-electron chi connectivity index (χ1n) is 10.6. The first kappa shape index (κ1) is 22.2. The van der Waals surface area contributed by atoms with Gasteiger partial charge in [0.15, 0.2) is 0 Å². The van der Waals surface area contributed by atoms with Crippen molar-refractivity contribution < 1.29 is 30.9 Å². The van der Waals surface area contributed by atoms with Crippen LogP contribution in [0.4, 0.5) is 0 Å². The Morgan fingerprint density at radius 2 is 1.79 bits per heavy atom. The van der Waals surface area contributed by atoms with Gasteiger partial charge in [0.2, 0.25) is 5.88 Å². The number of hydrogen-bond acceptors (Lipinski definition) is 5. The molecule has 1 aliphatic carbocycles. The molecule has 0 radical (unpaired) electrons. The van der Waals surface area contributed by atoms with Gasteiger partial charge in [0, 0.05) is 48.1 Å². The van der Waals surface area contributed by atoms with E-state index in [2.05, 4.69) is 49.2 Å². The molecule has 2 aliphatic rings. The summed E-state index contributed by atoms with van der Waals surface area (Å²) in [6, 6.07) is 26.9. The van der Waals surface area contributed by atoms with Gasteiger partial charge >= 0.3 is 0 Å². The van der Waals surface area contributed by atoms with Crippen molar-refractivity contribution in [3.8, 4) is 17.4 Å². The number of para-hydroxylation sites is 1. The van der Waals surface area contributed by atoms with Crippen molar-refractivity contribution in [1.82, 2.24) is 4.98 Å². The summed E-state index contributed by atoms with van der Waals surface area (Å²) in [5, 5.41) is 11.9. The molecule has 2 heterocycles. The third-order valence-corrected chi connectivity index (χ3v) is 8.13. The molecule has 1 aliphatic heterocycles. The van der Waals surface area contributed by atoms with Gasteiger partial charge in [0.25, 0.3) is 0 Å². The molecule has 0 unspecified atom stereocenters. The van der Waals surface area contributed by atoms with Gasteiger partial charge in [-0.25, -0.2) is 4.98 Å². The number of ether oxygens (including phenoxy) is 1. The number of rotatable bonds is 3. The van der Waals surface area contributed by atoms with Gasteiger partial charge in [-0.3, -0.25) is 0 Å². The standard InChI is InChI=1S/C27H21N2O2S.Pt/c1-26-16-19-7-3-4-11-21(19)27(26,2)29-25(32-26)18-9-5-10-20(15-18)31-23-14-13-17-8-6-12-22(30)24(17)28-23;/h3-14,30H,16H2,1-2H3;/q-1;/t26-,27+;/m1./s1. The second-order valence-corrected chi connectivity index (χ2v) is 10.2. The molecular formula is C27H21N2O2PtS-. The van der Waals surface area contributed by atoms with Crippen LogP contribution in [0.5, 0.6) is 17.4 Å². The smallest absolute Gasteiger partial charge is 0.217 e. The van der Waals surface area contributed by atoms with Gasteiger partial charge in [-0.05, 0) is 43.5 Å². The zero-order valence-electron chi connectivity index (χ0n) is 18.1. The quantitative estimate of drug-likeness (QED) is 0.271. The Hall–Kier alpha value is -2.62. The zero-order chi connectivity index (χ0) is 21.9. The predicted octanol–water partition coefficient (Wildman–Crippen LogP) is 6.25. The van der Waals surface area contributed by atoms with Crippen molar-refractivity contribution in [3.63, 3.8) is 0 Å². The maximum absolute atomic E-state index is 10.1. The second kappa shape index (κ2) is 8.00. The number of hydrogen-bond donors (Lipinski definition) is 1. The normalized spacial score (nSPS) is 22.9. The van der Waals surface area contributed by atoms with Crippen molar-refractivity contribution in [3.05, 3.63) is 95.6 Å². The summed E-state index contributed by atoms with van der Waals surface area (Å²) >= 11 is 1.83. The van der Waals surface area contributed by atoms with E-state index < -0.39 is 0 Å². The summed E-state index contributed by atoms with van der Waals surface area (Å²) in [6.45, 7) is 4.55. The van der Waals surface area contributed by atoms with Crippen LogP contribution in [0.2, 0.25) is 0 Å². The molecule has 0 saturated heterocycles. The fourth-order valence-corrected chi connectivity index (χ4v) is 6.22. The molecule has 33 heavy (non-hydrogen) atoms. The van der Waals surface area contributed by atoms with Gasteiger partial charge in [-0.2, -0.15) is 0 Å². The van der Waals surface area contributed by atoms with Crippen molar-refractivity contribution in [2.45, 2.75) is 30.6 Å². The van der Waals surface area contributed by atoms with E-state index >= 15 is 0 Å². The fraction of sp³-hybridized carbons (Fsp3) is 0.185. The van der Waals surface area contributed by atoms with Gasteiger partial charge < -0.3 is 14.8 Å². The van der Waals surface area contributed by atoms with E-state index in [0.29, 0.717) is 17.1 Å². The first-order valence-corrected chi connectivity index (χ1v) is 11.4. The Bertz CT molecular complexity index is 1420. The van der Waals surface area contributed by atoms with E-state index in [0.717, 1.165) is 22.4 Å². The first-order chi connectivity index (χ1) is 15.5. The van der Waals surface area contributed by atoms with E-state index in [1.165, 1.54) is 11.1 Å². The number of aliphatic imine (C=N–C) groups is 1. The van der Waals surface area contributed by atoms with Gasteiger partial charge in [-0.15, -0.1) is 35.5 Å². The summed E-state index contributed by atoms with van der Waals surface area (Å²) < 4.78 is 5.98. The number of aromatic hydroxyl groups is 1. The van der Waals surface area contributed by atoms with Crippen molar-refractivity contribution in [1.29, 1.82) is 0 Å². The molecule has 3 aromatic carbocycles. The Labute approximate surface area is 211 Å².